The molecule has 0 saturated carbocycles. The molecule has 0 aromatic rings. The standard InChI is InChI=1S/C79H134O17P2/c1-5-9-13-17-21-25-29-31-33-35-36-38-39-41-45-48-52-56-60-64-77(82)90-70-75(96-79(84)66-62-58-54-50-46-42-40-37-34-32-30-26-22-18-14-10-6-2)72-94-98(87,88)92-68-73(80)67-91-97(85,86)93-71-74(95-78(83)65-61-57-53-49-44-28-24-20-16-12-8-4)69-89-76(81)63-59-55-51-47-43-27-23-19-15-11-7-3/h9-10,13-14,19,21-23,25-26,31-34,36,38,40-42,45,73-75,80H,5-8,11-12,15-18,20,24,27-30,35,37,39,43-44,46-72H2,1-4H3,(H,85,86)(H,87,88)/b13-9-,14-10-,23-19-,25-21-,26-22-,33-31-,34-32-,38-36-,42-40-,45-41-. The molecule has 0 aliphatic carbocycles. The van der Waals surface area contributed by atoms with Crippen molar-refractivity contribution in [1.82, 2.24) is 0 Å². The van der Waals surface area contributed by atoms with E-state index in [0.29, 0.717) is 25.7 Å². The van der Waals surface area contributed by atoms with Crippen LogP contribution in [0.2, 0.25) is 0 Å². The van der Waals surface area contributed by atoms with E-state index in [1.807, 2.05) is 0 Å². The van der Waals surface area contributed by atoms with Gasteiger partial charge in [-0.3, -0.25) is 37.3 Å². The Morgan fingerprint density at radius 1 is 0.296 bits per heavy atom. The van der Waals surface area contributed by atoms with Gasteiger partial charge in [-0.15, -0.1) is 0 Å². The fourth-order valence-corrected chi connectivity index (χ4v) is 11.3. The first-order valence-corrected chi connectivity index (χ1v) is 40.8. The summed E-state index contributed by atoms with van der Waals surface area (Å²) in [6, 6.07) is 0. The third-order valence-corrected chi connectivity index (χ3v) is 17.3. The molecule has 5 unspecified atom stereocenters. The smallest absolute Gasteiger partial charge is 0.462 e. The highest BCUT2D eigenvalue weighted by molar-refractivity contribution is 7.47. The fraction of sp³-hybridized carbons (Fsp3) is 0.696. The van der Waals surface area contributed by atoms with Gasteiger partial charge < -0.3 is 33.8 Å². The van der Waals surface area contributed by atoms with Gasteiger partial charge >= 0.3 is 39.5 Å². The topological polar surface area (TPSA) is 237 Å². The Bertz CT molecular complexity index is 2340. The summed E-state index contributed by atoms with van der Waals surface area (Å²) in [4.78, 5) is 72.7. The van der Waals surface area contributed by atoms with E-state index in [-0.39, 0.29) is 25.7 Å². The van der Waals surface area contributed by atoms with E-state index in [1.54, 1.807) is 0 Å². The summed E-state index contributed by atoms with van der Waals surface area (Å²) in [6.45, 7) is 4.52. The van der Waals surface area contributed by atoms with Gasteiger partial charge in [0.05, 0.1) is 26.4 Å². The quantitative estimate of drug-likeness (QED) is 0.0169. The van der Waals surface area contributed by atoms with Gasteiger partial charge in [0.1, 0.15) is 19.3 Å². The zero-order valence-electron chi connectivity index (χ0n) is 61.2. The first-order valence-electron chi connectivity index (χ1n) is 37.8. The first kappa shape index (κ1) is 93.5. The molecule has 98 heavy (non-hydrogen) atoms. The van der Waals surface area contributed by atoms with Crippen molar-refractivity contribution in [2.45, 2.75) is 316 Å². The van der Waals surface area contributed by atoms with Crippen molar-refractivity contribution in [2.24, 2.45) is 0 Å². The highest BCUT2D eigenvalue weighted by Crippen LogP contribution is 2.45. The van der Waals surface area contributed by atoms with Crippen LogP contribution in [-0.4, -0.2) is 96.7 Å². The minimum absolute atomic E-state index is 0.0567. The number of hydrogen-bond donors (Lipinski definition) is 3. The van der Waals surface area contributed by atoms with E-state index in [9.17, 15) is 43.2 Å². The third-order valence-electron chi connectivity index (χ3n) is 15.4. The maximum atomic E-state index is 13.1. The number of unbranched alkanes of at least 4 members (excludes halogenated alkanes) is 24. The molecule has 0 aliphatic rings. The normalized spacial score (nSPS) is 14.6. The maximum Gasteiger partial charge on any atom is 0.472 e. The van der Waals surface area contributed by atoms with E-state index in [4.69, 9.17) is 37.0 Å². The van der Waals surface area contributed by atoms with Crippen molar-refractivity contribution in [2.75, 3.05) is 39.6 Å². The van der Waals surface area contributed by atoms with Gasteiger partial charge in [0.25, 0.3) is 0 Å². The van der Waals surface area contributed by atoms with Crippen LogP contribution in [0.15, 0.2) is 122 Å². The Kier molecular flexibility index (Phi) is 67.6. The zero-order chi connectivity index (χ0) is 71.8. The summed E-state index contributed by atoms with van der Waals surface area (Å²) in [7, 11) is -9.96. The molecule has 562 valence electrons. The number of phosphoric acid groups is 2. The number of esters is 4. The highest BCUT2D eigenvalue weighted by atomic mass is 31.2. The number of hydrogen-bond acceptors (Lipinski definition) is 15. The van der Waals surface area contributed by atoms with Gasteiger partial charge in [-0.05, 0) is 128 Å². The Hall–Kier alpha value is -4.54. The highest BCUT2D eigenvalue weighted by Gasteiger charge is 2.30. The zero-order valence-corrected chi connectivity index (χ0v) is 63.0. The molecule has 0 aromatic heterocycles. The van der Waals surface area contributed by atoms with E-state index in [2.05, 4.69) is 149 Å². The van der Waals surface area contributed by atoms with Crippen molar-refractivity contribution < 1.29 is 80.2 Å². The van der Waals surface area contributed by atoms with Gasteiger partial charge in [0.15, 0.2) is 12.2 Å². The van der Waals surface area contributed by atoms with Crippen LogP contribution in [-0.2, 0) is 65.4 Å². The fourth-order valence-electron chi connectivity index (χ4n) is 9.69. The van der Waals surface area contributed by atoms with E-state index >= 15 is 0 Å². The maximum absolute atomic E-state index is 13.1. The lowest BCUT2D eigenvalue weighted by atomic mass is 10.1. The van der Waals surface area contributed by atoms with Gasteiger partial charge in [-0.2, -0.15) is 0 Å². The predicted molar refractivity (Wildman–Crippen MR) is 399 cm³/mol. The second kappa shape index (κ2) is 70.9. The van der Waals surface area contributed by atoms with Crippen LogP contribution in [0.3, 0.4) is 0 Å². The Morgan fingerprint density at radius 3 is 0.867 bits per heavy atom. The summed E-state index contributed by atoms with van der Waals surface area (Å²) < 4.78 is 68.3. The van der Waals surface area contributed by atoms with Crippen LogP contribution < -0.4 is 0 Å². The SMILES string of the molecule is CC/C=C\C/C=C\C/C=C\C/C=C\C/C=C\CCCCCC(=O)OCC(COP(=O)(O)OCC(O)COP(=O)(O)OCC(COC(=O)CCCCCCC/C=C\CCCC)OC(=O)CCCCCCCCCCCCC)OC(=O)CCCCCC/C=C\C/C=C\C/C=C\C/C=C\CC. The number of phosphoric ester groups is 2. The van der Waals surface area contributed by atoms with Gasteiger partial charge in [0, 0.05) is 25.7 Å². The second-order valence-electron chi connectivity index (χ2n) is 24.8. The molecule has 17 nitrogen and oxygen atoms in total. The summed E-state index contributed by atoms with van der Waals surface area (Å²) in [5, 5.41) is 10.6. The lowest BCUT2D eigenvalue weighted by Crippen LogP contribution is -2.30. The number of aliphatic hydroxyl groups is 1. The first-order chi connectivity index (χ1) is 47.7. The number of rotatable bonds is 70. The summed E-state index contributed by atoms with van der Waals surface area (Å²) in [6.07, 6.45) is 76.3. The molecule has 0 rings (SSSR count). The van der Waals surface area contributed by atoms with Crippen LogP contribution in [0.5, 0.6) is 0 Å². The van der Waals surface area contributed by atoms with E-state index in [0.717, 1.165) is 167 Å². The van der Waals surface area contributed by atoms with Gasteiger partial charge in [-0.1, -0.05) is 265 Å². The molecule has 0 amide bonds. The molecule has 3 N–H and O–H groups in total. The molecular formula is C79H134O17P2. The molecule has 5 atom stereocenters. The van der Waals surface area contributed by atoms with Gasteiger partial charge in [-0.25, -0.2) is 9.13 Å². The van der Waals surface area contributed by atoms with Crippen LogP contribution in [0, 0.1) is 0 Å². The third kappa shape index (κ3) is 69.9. The van der Waals surface area contributed by atoms with Crippen LogP contribution >= 0.6 is 15.6 Å². The average molecular weight is 1420 g/mol. The number of ether oxygens (including phenoxy) is 4. The van der Waals surface area contributed by atoms with Gasteiger partial charge in [0.2, 0.25) is 0 Å². The van der Waals surface area contributed by atoms with E-state index in [1.165, 1.54) is 51.4 Å². The lowest BCUT2D eigenvalue weighted by molar-refractivity contribution is -0.161. The minimum Gasteiger partial charge on any atom is -0.462 e. The van der Waals surface area contributed by atoms with Crippen molar-refractivity contribution in [3.8, 4) is 0 Å². The number of allylic oxidation sites excluding steroid dienone is 20. The minimum atomic E-state index is -4.99. The molecule has 0 aliphatic heterocycles. The summed E-state index contributed by atoms with van der Waals surface area (Å²) >= 11 is 0. The summed E-state index contributed by atoms with van der Waals surface area (Å²) in [5.74, 6) is -2.25. The Morgan fingerprint density at radius 2 is 0.541 bits per heavy atom. The molecule has 0 saturated heterocycles. The largest absolute Gasteiger partial charge is 0.472 e. The van der Waals surface area contributed by atoms with Crippen LogP contribution in [0.4, 0.5) is 0 Å². The monoisotopic (exact) mass is 1420 g/mol. The van der Waals surface area contributed by atoms with Crippen molar-refractivity contribution in [3.63, 3.8) is 0 Å². The molecule has 0 heterocycles. The molecule has 0 radical (unpaired) electrons. The van der Waals surface area contributed by atoms with Crippen molar-refractivity contribution in [3.05, 3.63) is 122 Å². The number of carbonyl (C=O) groups is 4. The molecule has 19 heteroatoms. The molecule has 0 aromatic carbocycles. The average Bonchev–Trinajstić information content (AvgIpc) is 0.979. The molecule has 0 bridgehead atoms. The van der Waals surface area contributed by atoms with Crippen LogP contribution in [0.1, 0.15) is 297 Å². The van der Waals surface area contributed by atoms with Crippen LogP contribution in [0.25, 0.3) is 0 Å². The predicted octanol–water partition coefficient (Wildman–Crippen LogP) is 21.6. The van der Waals surface area contributed by atoms with Crippen molar-refractivity contribution >= 4 is 39.5 Å². The number of aliphatic hydroxyl groups excluding tert-OH is 1. The van der Waals surface area contributed by atoms with E-state index < -0.39 is 97.5 Å². The lowest BCUT2D eigenvalue weighted by Gasteiger charge is -2.21. The Balaban J connectivity index is 5.39. The molecule has 0 fully saturated rings. The molecular weight excluding hydrogens is 1280 g/mol. The van der Waals surface area contributed by atoms with Crippen molar-refractivity contribution in [1.29, 1.82) is 0 Å². The Labute approximate surface area is 593 Å². The number of carbonyl (C=O) groups excluding carboxylic acids is 4. The molecule has 0 spiro atoms. The second-order valence-corrected chi connectivity index (χ2v) is 27.7. The summed E-state index contributed by atoms with van der Waals surface area (Å²) in [5.41, 5.74) is 0.